The van der Waals surface area contributed by atoms with E-state index < -0.39 is 18.8 Å². The molecule has 6 nitrogen and oxygen atoms in total. The minimum absolute atomic E-state index is 0.0327. The lowest BCUT2D eigenvalue weighted by atomic mass is 10.0. The molecule has 0 radical (unpaired) electrons. The molecule has 0 aliphatic rings. The number of aliphatic hydroxyl groups excluding tert-OH is 2. The van der Waals surface area contributed by atoms with E-state index in [1.807, 2.05) is 0 Å². The lowest BCUT2D eigenvalue weighted by molar-refractivity contribution is -0.000512. The quantitative estimate of drug-likeness (QED) is 0.722. The van der Waals surface area contributed by atoms with Gasteiger partial charge < -0.3 is 29.5 Å². The Balaban J connectivity index is 2.23. The minimum atomic E-state index is -1.11. The van der Waals surface area contributed by atoms with Crippen LogP contribution < -0.4 is 14.2 Å². The first-order chi connectivity index (χ1) is 11.1. The molecule has 124 valence electrons. The first-order valence-corrected chi connectivity index (χ1v) is 7.06. The number of hydrogen-bond acceptors (Lipinski definition) is 6. The van der Waals surface area contributed by atoms with Crippen LogP contribution in [0.15, 0.2) is 42.5 Å². The zero-order valence-corrected chi connectivity index (χ0v) is 13.0. The molecule has 0 bridgehead atoms. The predicted molar refractivity (Wildman–Crippen MR) is 84.1 cm³/mol. The highest BCUT2D eigenvalue weighted by molar-refractivity contribution is 5.43. The molecule has 2 aromatic rings. The average Bonchev–Trinajstić information content (AvgIpc) is 2.59. The third-order valence-corrected chi connectivity index (χ3v) is 3.42. The van der Waals surface area contributed by atoms with Crippen molar-refractivity contribution in [2.45, 2.75) is 12.2 Å². The number of phenolic OH excluding ortho intramolecular Hbond substituents is 1. The van der Waals surface area contributed by atoms with Crippen LogP contribution in [0.5, 0.6) is 23.0 Å². The smallest absolute Gasteiger partial charge is 0.161 e. The summed E-state index contributed by atoms with van der Waals surface area (Å²) in [6.07, 6.45) is -2.01. The SMILES string of the molecule is COc1cc([C@H](O)[C@@H](CO)Oc2ccccc2OC)ccc1O. The normalized spacial score (nSPS) is 13.2. The molecule has 0 spiro atoms. The van der Waals surface area contributed by atoms with Crippen LogP contribution in [-0.2, 0) is 0 Å². The fraction of sp³-hybridized carbons (Fsp3) is 0.294. The van der Waals surface area contributed by atoms with Gasteiger partial charge in [0.05, 0.1) is 20.8 Å². The number of methoxy groups -OCH3 is 2. The van der Waals surface area contributed by atoms with E-state index in [0.717, 1.165) is 0 Å². The van der Waals surface area contributed by atoms with E-state index in [1.54, 1.807) is 24.3 Å². The molecule has 23 heavy (non-hydrogen) atoms. The molecule has 0 unspecified atom stereocenters. The molecule has 0 aliphatic heterocycles. The van der Waals surface area contributed by atoms with Gasteiger partial charge in [0.1, 0.15) is 6.10 Å². The summed E-state index contributed by atoms with van der Waals surface area (Å²) in [5, 5.41) is 29.6. The van der Waals surface area contributed by atoms with Crippen LogP contribution in [0.25, 0.3) is 0 Å². The molecule has 0 saturated heterocycles. The van der Waals surface area contributed by atoms with Gasteiger partial charge in [0.2, 0.25) is 0 Å². The van der Waals surface area contributed by atoms with Crippen molar-refractivity contribution in [1.82, 2.24) is 0 Å². The van der Waals surface area contributed by atoms with Gasteiger partial charge in [-0.25, -0.2) is 0 Å². The maximum absolute atomic E-state index is 10.5. The fourth-order valence-electron chi connectivity index (χ4n) is 2.17. The number of hydrogen-bond donors (Lipinski definition) is 3. The van der Waals surface area contributed by atoms with Crippen LogP contribution in [0.4, 0.5) is 0 Å². The van der Waals surface area contributed by atoms with E-state index in [4.69, 9.17) is 14.2 Å². The third kappa shape index (κ3) is 3.85. The van der Waals surface area contributed by atoms with Gasteiger partial charge in [0.25, 0.3) is 0 Å². The first-order valence-electron chi connectivity index (χ1n) is 7.06. The average molecular weight is 320 g/mol. The van der Waals surface area contributed by atoms with Crippen molar-refractivity contribution in [3.8, 4) is 23.0 Å². The summed E-state index contributed by atoms with van der Waals surface area (Å²) in [6.45, 7) is -0.400. The molecular formula is C17H20O6. The van der Waals surface area contributed by atoms with Crippen molar-refractivity contribution < 1.29 is 29.5 Å². The molecule has 2 aromatic carbocycles. The molecule has 2 rings (SSSR count). The van der Waals surface area contributed by atoms with Crippen LogP contribution >= 0.6 is 0 Å². The number of benzene rings is 2. The van der Waals surface area contributed by atoms with Crippen LogP contribution in [0.2, 0.25) is 0 Å². The van der Waals surface area contributed by atoms with Crippen LogP contribution in [0.1, 0.15) is 11.7 Å². The van der Waals surface area contributed by atoms with Gasteiger partial charge >= 0.3 is 0 Å². The van der Waals surface area contributed by atoms with Gasteiger partial charge in [-0.1, -0.05) is 18.2 Å². The highest BCUT2D eigenvalue weighted by Crippen LogP contribution is 2.33. The van der Waals surface area contributed by atoms with Gasteiger partial charge in [-0.05, 0) is 29.8 Å². The Morgan fingerprint density at radius 3 is 2.22 bits per heavy atom. The summed E-state index contributed by atoms with van der Waals surface area (Å²) in [5.41, 5.74) is 0.452. The first kappa shape index (κ1) is 16.9. The third-order valence-electron chi connectivity index (χ3n) is 3.42. The second-order valence-electron chi connectivity index (χ2n) is 4.87. The van der Waals surface area contributed by atoms with Crippen molar-refractivity contribution in [3.05, 3.63) is 48.0 Å². The fourth-order valence-corrected chi connectivity index (χ4v) is 2.17. The molecule has 3 N–H and O–H groups in total. The Hall–Kier alpha value is -2.44. The molecule has 0 heterocycles. The second kappa shape index (κ2) is 7.71. The summed E-state index contributed by atoms with van der Waals surface area (Å²) in [6, 6.07) is 11.4. The van der Waals surface area contributed by atoms with Crippen LogP contribution in [-0.4, -0.2) is 42.3 Å². The maximum Gasteiger partial charge on any atom is 0.161 e. The highest BCUT2D eigenvalue weighted by atomic mass is 16.5. The maximum atomic E-state index is 10.5. The van der Waals surface area contributed by atoms with E-state index >= 15 is 0 Å². The van der Waals surface area contributed by atoms with Crippen molar-refractivity contribution in [3.63, 3.8) is 0 Å². The van der Waals surface area contributed by atoms with E-state index in [2.05, 4.69) is 0 Å². The van der Waals surface area contributed by atoms with Crippen molar-refractivity contribution in [2.24, 2.45) is 0 Å². The molecule has 0 aromatic heterocycles. The van der Waals surface area contributed by atoms with E-state index in [-0.39, 0.29) is 11.5 Å². The molecular weight excluding hydrogens is 300 g/mol. The molecule has 0 fully saturated rings. The number of aromatic hydroxyl groups is 1. The number of aliphatic hydroxyl groups is 2. The van der Waals surface area contributed by atoms with E-state index in [0.29, 0.717) is 17.1 Å². The van der Waals surface area contributed by atoms with Gasteiger partial charge in [-0.15, -0.1) is 0 Å². The van der Waals surface area contributed by atoms with Crippen molar-refractivity contribution in [2.75, 3.05) is 20.8 Å². The Kier molecular flexibility index (Phi) is 5.67. The summed E-state index contributed by atoms with van der Waals surface area (Å²) in [4.78, 5) is 0. The second-order valence-corrected chi connectivity index (χ2v) is 4.87. The molecule has 0 saturated carbocycles. The lowest BCUT2D eigenvalue weighted by Crippen LogP contribution is -2.29. The molecule has 0 amide bonds. The molecule has 2 atom stereocenters. The molecule has 6 heteroatoms. The van der Waals surface area contributed by atoms with Gasteiger partial charge in [-0.2, -0.15) is 0 Å². The van der Waals surface area contributed by atoms with Crippen LogP contribution in [0.3, 0.4) is 0 Å². The van der Waals surface area contributed by atoms with Gasteiger partial charge in [0.15, 0.2) is 29.1 Å². The summed E-state index contributed by atoms with van der Waals surface area (Å²) < 4.78 is 15.9. The number of ether oxygens (including phenoxy) is 3. The predicted octanol–water partition coefficient (Wildman–Crippen LogP) is 1.88. The highest BCUT2D eigenvalue weighted by Gasteiger charge is 2.24. The van der Waals surface area contributed by atoms with Gasteiger partial charge in [0, 0.05) is 0 Å². The zero-order valence-electron chi connectivity index (χ0n) is 13.0. The number of phenols is 1. The Bertz CT molecular complexity index is 643. The Morgan fingerprint density at radius 2 is 1.61 bits per heavy atom. The zero-order chi connectivity index (χ0) is 16.8. The molecule has 0 aliphatic carbocycles. The van der Waals surface area contributed by atoms with E-state index in [1.165, 1.54) is 32.4 Å². The number of para-hydroxylation sites is 2. The summed E-state index contributed by atoms with van der Waals surface area (Å²) >= 11 is 0. The monoisotopic (exact) mass is 320 g/mol. The minimum Gasteiger partial charge on any atom is -0.504 e. The Morgan fingerprint density at radius 1 is 0.957 bits per heavy atom. The lowest BCUT2D eigenvalue weighted by Gasteiger charge is -2.24. The summed E-state index contributed by atoms with van der Waals surface area (Å²) in [7, 11) is 2.93. The summed E-state index contributed by atoms with van der Waals surface area (Å²) in [5.74, 6) is 1.12. The van der Waals surface area contributed by atoms with Crippen molar-refractivity contribution in [1.29, 1.82) is 0 Å². The largest absolute Gasteiger partial charge is 0.504 e. The number of rotatable bonds is 7. The topological polar surface area (TPSA) is 88.4 Å². The Labute approximate surface area is 134 Å². The van der Waals surface area contributed by atoms with Crippen molar-refractivity contribution >= 4 is 0 Å². The standard InChI is InChI=1S/C17H20O6/c1-21-13-5-3-4-6-14(13)23-16(10-18)17(20)11-7-8-12(19)15(9-11)22-2/h3-9,16-20H,10H2,1-2H3/t16-,17+/m1/s1. The van der Waals surface area contributed by atoms with Crippen LogP contribution in [0, 0.1) is 0 Å². The van der Waals surface area contributed by atoms with E-state index in [9.17, 15) is 15.3 Å². The van der Waals surface area contributed by atoms with Gasteiger partial charge in [-0.3, -0.25) is 0 Å².